The number of thiazole rings is 1. The zero-order chi connectivity index (χ0) is 18.1. The van der Waals surface area contributed by atoms with Gasteiger partial charge in [0.2, 0.25) is 0 Å². The Morgan fingerprint density at radius 2 is 1.84 bits per heavy atom. The molecule has 2 heterocycles. The molecule has 0 radical (unpaired) electrons. The first-order valence-electron chi connectivity index (χ1n) is 7.73. The zero-order valence-electron chi connectivity index (χ0n) is 14.2. The van der Waals surface area contributed by atoms with Gasteiger partial charge >= 0.3 is 5.69 Å². The summed E-state index contributed by atoms with van der Waals surface area (Å²) >= 11 is 1.39. The lowest BCUT2D eigenvalue weighted by Crippen LogP contribution is -2.39. The van der Waals surface area contributed by atoms with Crippen molar-refractivity contribution < 1.29 is 0 Å². The molecule has 130 valence electrons. The molecule has 0 bridgehead atoms. The standard InChI is InChI=1S/C17H19N5O2S/c1-10(11-7-5-4-6-8-11)19-16-20-12(9-25-16)13-14(18)21(2)17(24)22(3)15(13)23/h4-10H,18H2,1-3H3,(H,19,20)/t10-/m1/s1. The van der Waals surface area contributed by atoms with Crippen LogP contribution in [0.5, 0.6) is 0 Å². The maximum atomic E-state index is 12.4. The Kier molecular flexibility index (Phi) is 4.45. The van der Waals surface area contributed by atoms with Crippen LogP contribution in [0.4, 0.5) is 10.9 Å². The monoisotopic (exact) mass is 357 g/mol. The highest BCUT2D eigenvalue weighted by Crippen LogP contribution is 2.28. The van der Waals surface area contributed by atoms with Crippen molar-refractivity contribution in [3.05, 3.63) is 62.1 Å². The third-order valence-electron chi connectivity index (χ3n) is 4.11. The largest absolute Gasteiger partial charge is 0.384 e. The van der Waals surface area contributed by atoms with Crippen LogP contribution >= 0.6 is 11.3 Å². The Morgan fingerprint density at radius 3 is 2.52 bits per heavy atom. The van der Waals surface area contributed by atoms with Crippen LogP contribution in [-0.2, 0) is 14.1 Å². The number of hydrogen-bond acceptors (Lipinski definition) is 6. The minimum Gasteiger partial charge on any atom is -0.384 e. The first-order chi connectivity index (χ1) is 11.9. The molecule has 3 N–H and O–H groups in total. The second-order valence-corrected chi connectivity index (χ2v) is 6.64. The van der Waals surface area contributed by atoms with Crippen LogP contribution in [0.2, 0.25) is 0 Å². The van der Waals surface area contributed by atoms with E-state index in [1.165, 1.54) is 30.0 Å². The van der Waals surface area contributed by atoms with Gasteiger partial charge in [0.05, 0.1) is 11.7 Å². The number of hydrogen-bond donors (Lipinski definition) is 2. The summed E-state index contributed by atoms with van der Waals surface area (Å²) in [6, 6.07) is 10.1. The van der Waals surface area contributed by atoms with Gasteiger partial charge in [0.1, 0.15) is 11.4 Å². The molecule has 0 saturated heterocycles. The third kappa shape index (κ3) is 3.08. The Morgan fingerprint density at radius 1 is 1.16 bits per heavy atom. The van der Waals surface area contributed by atoms with Crippen molar-refractivity contribution >= 4 is 22.3 Å². The van der Waals surface area contributed by atoms with Crippen molar-refractivity contribution in [2.24, 2.45) is 14.1 Å². The average Bonchev–Trinajstić information content (AvgIpc) is 3.07. The van der Waals surface area contributed by atoms with E-state index in [4.69, 9.17) is 5.73 Å². The van der Waals surface area contributed by atoms with Crippen LogP contribution in [-0.4, -0.2) is 14.1 Å². The molecular formula is C17H19N5O2S. The molecule has 25 heavy (non-hydrogen) atoms. The minimum absolute atomic E-state index is 0.0699. The summed E-state index contributed by atoms with van der Waals surface area (Å²) in [5.41, 5.74) is 6.90. The van der Waals surface area contributed by atoms with Gasteiger partial charge in [-0.2, -0.15) is 0 Å². The summed E-state index contributed by atoms with van der Waals surface area (Å²) in [7, 11) is 2.96. The molecule has 0 fully saturated rings. The van der Waals surface area contributed by atoms with E-state index < -0.39 is 11.2 Å². The van der Waals surface area contributed by atoms with E-state index >= 15 is 0 Å². The van der Waals surface area contributed by atoms with E-state index in [1.807, 2.05) is 37.3 Å². The van der Waals surface area contributed by atoms with Crippen LogP contribution in [0, 0.1) is 0 Å². The van der Waals surface area contributed by atoms with Gasteiger partial charge in [-0.15, -0.1) is 11.3 Å². The minimum atomic E-state index is -0.461. The predicted octanol–water partition coefficient (Wildman–Crippen LogP) is 1.96. The van der Waals surface area contributed by atoms with E-state index in [-0.39, 0.29) is 17.4 Å². The van der Waals surface area contributed by atoms with Gasteiger partial charge < -0.3 is 11.1 Å². The summed E-state index contributed by atoms with van der Waals surface area (Å²) in [4.78, 5) is 28.8. The van der Waals surface area contributed by atoms with Crippen molar-refractivity contribution in [3.63, 3.8) is 0 Å². The summed E-state index contributed by atoms with van der Waals surface area (Å²) < 4.78 is 2.28. The molecule has 2 aromatic heterocycles. The van der Waals surface area contributed by atoms with E-state index in [0.717, 1.165) is 10.1 Å². The first-order valence-corrected chi connectivity index (χ1v) is 8.61. The van der Waals surface area contributed by atoms with Crippen molar-refractivity contribution in [1.82, 2.24) is 14.1 Å². The molecule has 0 aliphatic heterocycles. The Bertz CT molecular complexity index is 1020. The quantitative estimate of drug-likeness (QED) is 0.744. The highest BCUT2D eigenvalue weighted by Gasteiger charge is 2.18. The number of aromatic nitrogens is 3. The Balaban J connectivity index is 1.95. The van der Waals surface area contributed by atoms with Gasteiger partial charge in [-0.05, 0) is 12.5 Å². The smallest absolute Gasteiger partial charge is 0.332 e. The number of nitrogens with zero attached hydrogens (tertiary/aromatic N) is 3. The van der Waals surface area contributed by atoms with Crippen molar-refractivity contribution in [2.75, 3.05) is 11.1 Å². The van der Waals surface area contributed by atoms with Crippen molar-refractivity contribution in [2.45, 2.75) is 13.0 Å². The van der Waals surface area contributed by atoms with E-state index in [0.29, 0.717) is 10.8 Å². The molecule has 7 nitrogen and oxygen atoms in total. The maximum absolute atomic E-state index is 12.4. The molecule has 3 aromatic rings. The molecular weight excluding hydrogens is 338 g/mol. The van der Waals surface area contributed by atoms with Gasteiger partial charge in [-0.25, -0.2) is 9.78 Å². The molecule has 0 unspecified atom stereocenters. The number of anilines is 2. The second-order valence-electron chi connectivity index (χ2n) is 5.78. The molecule has 8 heteroatoms. The molecule has 0 saturated carbocycles. The fourth-order valence-electron chi connectivity index (χ4n) is 2.57. The molecule has 1 aromatic carbocycles. The molecule has 0 amide bonds. The van der Waals surface area contributed by atoms with E-state index in [9.17, 15) is 9.59 Å². The average molecular weight is 357 g/mol. The van der Waals surface area contributed by atoms with Gasteiger partial charge in [-0.1, -0.05) is 30.3 Å². The maximum Gasteiger partial charge on any atom is 0.332 e. The molecule has 3 rings (SSSR count). The number of benzene rings is 1. The molecule has 0 aliphatic rings. The Hall–Kier alpha value is -2.87. The molecule has 0 aliphatic carbocycles. The SMILES string of the molecule is C[C@@H](Nc1nc(-c2c(N)n(C)c(=O)n(C)c2=O)cs1)c1ccccc1. The lowest BCUT2D eigenvalue weighted by Gasteiger charge is -2.13. The normalized spacial score (nSPS) is 12.1. The van der Waals surface area contributed by atoms with Gasteiger partial charge in [0.15, 0.2) is 5.13 Å². The summed E-state index contributed by atoms with van der Waals surface area (Å²) in [6.45, 7) is 2.04. The topological polar surface area (TPSA) is 94.9 Å². The first kappa shape index (κ1) is 17.0. The number of nitrogens with two attached hydrogens (primary N) is 1. The van der Waals surface area contributed by atoms with Gasteiger partial charge in [0, 0.05) is 19.5 Å². The molecule has 0 spiro atoms. The van der Waals surface area contributed by atoms with E-state index in [1.54, 1.807) is 5.38 Å². The van der Waals surface area contributed by atoms with Gasteiger partial charge in [-0.3, -0.25) is 13.9 Å². The van der Waals surface area contributed by atoms with Crippen LogP contribution in [0.25, 0.3) is 11.3 Å². The summed E-state index contributed by atoms with van der Waals surface area (Å²) in [5, 5.41) is 5.76. The second kappa shape index (κ2) is 6.56. The van der Waals surface area contributed by atoms with Crippen molar-refractivity contribution in [3.8, 4) is 11.3 Å². The van der Waals surface area contributed by atoms with Crippen LogP contribution in [0.15, 0.2) is 45.3 Å². The number of nitrogen functional groups attached to an aromatic ring is 1. The number of nitrogens with one attached hydrogen (secondary N) is 1. The van der Waals surface area contributed by atoms with Crippen molar-refractivity contribution in [1.29, 1.82) is 0 Å². The fraction of sp³-hybridized carbons (Fsp3) is 0.235. The van der Waals surface area contributed by atoms with E-state index in [2.05, 4.69) is 10.3 Å². The predicted molar refractivity (Wildman–Crippen MR) is 101 cm³/mol. The Labute approximate surface area is 148 Å². The van der Waals surface area contributed by atoms with Gasteiger partial charge in [0.25, 0.3) is 5.56 Å². The van der Waals surface area contributed by atoms with Crippen LogP contribution < -0.4 is 22.3 Å². The van der Waals surface area contributed by atoms with Crippen LogP contribution in [0.3, 0.4) is 0 Å². The molecule has 1 atom stereocenters. The lowest BCUT2D eigenvalue weighted by atomic mass is 10.1. The lowest BCUT2D eigenvalue weighted by molar-refractivity contribution is 0.696. The fourth-order valence-corrected chi connectivity index (χ4v) is 3.36. The zero-order valence-corrected chi connectivity index (χ0v) is 15.0. The highest BCUT2D eigenvalue weighted by atomic mass is 32.1. The number of rotatable bonds is 4. The highest BCUT2D eigenvalue weighted by molar-refractivity contribution is 7.14. The summed E-state index contributed by atoms with van der Waals surface area (Å²) in [6.07, 6.45) is 0. The van der Waals surface area contributed by atoms with Crippen LogP contribution in [0.1, 0.15) is 18.5 Å². The summed E-state index contributed by atoms with van der Waals surface area (Å²) in [5.74, 6) is 0.112. The third-order valence-corrected chi connectivity index (χ3v) is 4.88.